The van der Waals surface area contributed by atoms with Crippen LogP contribution in [0.1, 0.15) is 12.3 Å². The molecule has 1 aromatic carbocycles. The first-order valence-corrected chi connectivity index (χ1v) is 6.99. The number of benzene rings is 1. The SMILES string of the molecule is O=C(CCc1nnc(-c2cccnc2)o1)Nc1ccc(F)cc1. The molecule has 0 spiro atoms. The average molecular weight is 312 g/mol. The monoisotopic (exact) mass is 312 g/mol. The molecule has 0 fully saturated rings. The van der Waals surface area contributed by atoms with Gasteiger partial charge in [-0.1, -0.05) is 0 Å². The van der Waals surface area contributed by atoms with E-state index in [-0.39, 0.29) is 18.1 Å². The molecule has 3 aromatic rings. The van der Waals surface area contributed by atoms with Gasteiger partial charge in [-0.15, -0.1) is 10.2 Å². The molecule has 0 aliphatic carbocycles. The van der Waals surface area contributed by atoms with E-state index < -0.39 is 0 Å². The van der Waals surface area contributed by atoms with Gasteiger partial charge in [-0.3, -0.25) is 9.78 Å². The Labute approximate surface area is 131 Å². The first-order valence-electron chi connectivity index (χ1n) is 6.99. The number of carbonyl (C=O) groups excluding carboxylic acids is 1. The van der Waals surface area contributed by atoms with Gasteiger partial charge in [0.2, 0.25) is 17.7 Å². The second kappa shape index (κ2) is 6.78. The van der Waals surface area contributed by atoms with Crippen LogP contribution < -0.4 is 5.32 Å². The fraction of sp³-hybridized carbons (Fsp3) is 0.125. The lowest BCUT2D eigenvalue weighted by atomic mass is 10.2. The Kier molecular flexibility index (Phi) is 4.37. The van der Waals surface area contributed by atoms with Gasteiger partial charge in [0, 0.05) is 30.9 Å². The van der Waals surface area contributed by atoms with Gasteiger partial charge >= 0.3 is 0 Å². The molecule has 0 aliphatic rings. The summed E-state index contributed by atoms with van der Waals surface area (Å²) >= 11 is 0. The largest absolute Gasteiger partial charge is 0.421 e. The Balaban J connectivity index is 1.55. The number of anilines is 1. The Morgan fingerprint density at radius 1 is 1.17 bits per heavy atom. The number of amides is 1. The van der Waals surface area contributed by atoms with E-state index in [1.807, 2.05) is 6.07 Å². The number of carbonyl (C=O) groups is 1. The van der Waals surface area contributed by atoms with Crippen LogP contribution in [0.3, 0.4) is 0 Å². The van der Waals surface area contributed by atoms with Crippen molar-refractivity contribution >= 4 is 11.6 Å². The standard InChI is InChI=1S/C16H13FN4O2/c17-12-3-5-13(6-4-12)19-14(22)7-8-15-20-21-16(23-15)11-2-1-9-18-10-11/h1-6,9-10H,7-8H2,(H,19,22). The summed E-state index contributed by atoms with van der Waals surface area (Å²) in [6, 6.07) is 9.16. The fourth-order valence-corrected chi connectivity index (χ4v) is 1.94. The number of aromatic nitrogens is 3. The first kappa shape index (κ1) is 14.8. The van der Waals surface area contributed by atoms with Gasteiger partial charge in [0.05, 0.1) is 5.56 Å². The molecule has 0 bridgehead atoms. The maximum Gasteiger partial charge on any atom is 0.249 e. The molecule has 7 heteroatoms. The van der Waals surface area contributed by atoms with Crippen LogP contribution in [-0.2, 0) is 11.2 Å². The molecule has 0 unspecified atom stereocenters. The average Bonchev–Trinajstić information content (AvgIpc) is 3.05. The predicted octanol–water partition coefficient (Wildman–Crippen LogP) is 2.84. The minimum Gasteiger partial charge on any atom is -0.421 e. The van der Waals surface area contributed by atoms with Crippen molar-refractivity contribution in [2.24, 2.45) is 0 Å². The van der Waals surface area contributed by atoms with Crippen molar-refractivity contribution in [3.05, 3.63) is 60.5 Å². The van der Waals surface area contributed by atoms with Crippen molar-refractivity contribution in [1.82, 2.24) is 15.2 Å². The normalized spacial score (nSPS) is 10.5. The van der Waals surface area contributed by atoms with Crippen LogP contribution in [0.25, 0.3) is 11.5 Å². The molecular formula is C16H13FN4O2. The summed E-state index contributed by atoms with van der Waals surface area (Å²) in [6.07, 6.45) is 3.78. The Bertz CT molecular complexity index is 787. The number of aryl methyl sites for hydroxylation is 1. The highest BCUT2D eigenvalue weighted by Gasteiger charge is 2.10. The lowest BCUT2D eigenvalue weighted by molar-refractivity contribution is -0.116. The second-order valence-corrected chi connectivity index (χ2v) is 4.80. The third-order valence-corrected chi connectivity index (χ3v) is 3.07. The zero-order valence-corrected chi connectivity index (χ0v) is 12.1. The van der Waals surface area contributed by atoms with Crippen molar-refractivity contribution in [2.45, 2.75) is 12.8 Å². The summed E-state index contributed by atoms with van der Waals surface area (Å²) in [5.74, 6) is 0.180. The molecule has 0 aliphatic heterocycles. The number of hydrogen-bond donors (Lipinski definition) is 1. The molecule has 0 saturated heterocycles. The summed E-state index contributed by atoms with van der Waals surface area (Å²) < 4.78 is 18.3. The molecule has 6 nitrogen and oxygen atoms in total. The van der Waals surface area contributed by atoms with Crippen LogP contribution in [-0.4, -0.2) is 21.1 Å². The summed E-state index contributed by atoms with van der Waals surface area (Å²) in [7, 11) is 0. The summed E-state index contributed by atoms with van der Waals surface area (Å²) in [5.41, 5.74) is 1.26. The molecule has 2 aromatic heterocycles. The zero-order valence-electron chi connectivity index (χ0n) is 12.1. The van der Waals surface area contributed by atoms with Gasteiger partial charge in [-0.05, 0) is 36.4 Å². The first-order chi connectivity index (χ1) is 11.2. The van der Waals surface area contributed by atoms with Gasteiger partial charge in [0.25, 0.3) is 0 Å². The number of rotatable bonds is 5. The maximum atomic E-state index is 12.8. The lowest BCUT2D eigenvalue weighted by Crippen LogP contribution is -2.12. The Morgan fingerprint density at radius 3 is 2.74 bits per heavy atom. The number of nitrogens with one attached hydrogen (secondary N) is 1. The third-order valence-electron chi connectivity index (χ3n) is 3.07. The van der Waals surface area contributed by atoms with Crippen molar-refractivity contribution in [3.8, 4) is 11.5 Å². The quantitative estimate of drug-likeness (QED) is 0.783. The van der Waals surface area contributed by atoms with E-state index in [1.165, 1.54) is 24.3 Å². The van der Waals surface area contributed by atoms with E-state index >= 15 is 0 Å². The molecular weight excluding hydrogens is 299 g/mol. The van der Waals surface area contributed by atoms with Crippen molar-refractivity contribution < 1.29 is 13.6 Å². The van der Waals surface area contributed by atoms with Crippen LogP contribution in [0.15, 0.2) is 53.2 Å². The van der Waals surface area contributed by atoms with Crippen LogP contribution in [0.5, 0.6) is 0 Å². The summed E-state index contributed by atoms with van der Waals surface area (Å²) in [6.45, 7) is 0. The zero-order chi connectivity index (χ0) is 16.1. The third kappa shape index (κ3) is 3.97. The number of pyridine rings is 1. The van der Waals surface area contributed by atoms with E-state index in [9.17, 15) is 9.18 Å². The molecule has 116 valence electrons. The molecule has 2 heterocycles. The maximum absolute atomic E-state index is 12.8. The van der Waals surface area contributed by atoms with E-state index in [1.54, 1.807) is 18.5 Å². The van der Waals surface area contributed by atoms with Crippen LogP contribution >= 0.6 is 0 Å². The smallest absolute Gasteiger partial charge is 0.249 e. The Hall–Kier alpha value is -3.09. The fourth-order valence-electron chi connectivity index (χ4n) is 1.94. The minimum absolute atomic E-state index is 0.187. The van der Waals surface area contributed by atoms with Gasteiger partial charge in [0.15, 0.2) is 0 Å². The van der Waals surface area contributed by atoms with Crippen molar-refractivity contribution in [2.75, 3.05) is 5.32 Å². The number of halogens is 1. The summed E-state index contributed by atoms with van der Waals surface area (Å²) in [4.78, 5) is 15.8. The van der Waals surface area contributed by atoms with E-state index in [0.717, 1.165) is 5.56 Å². The van der Waals surface area contributed by atoms with Gasteiger partial charge < -0.3 is 9.73 Å². The highest BCUT2D eigenvalue weighted by atomic mass is 19.1. The van der Waals surface area contributed by atoms with Crippen molar-refractivity contribution in [3.63, 3.8) is 0 Å². The molecule has 0 atom stereocenters. The van der Waals surface area contributed by atoms with Gasteiger partial charge in [-0.25, -0.2) is 4.39 Å². The van der Waals surface area contributed by atoms with Crippen LogP contribution in [0.4, 0.5) is 10.1 Å². The van der Waals surface area contributed by atoms with Gasteiger partial charge in [0.1, 0.15) is 5.82 Å². The molecule has 0 saturated carbocycles. The van der Waals surface area contributed by atoms with E-state index in [2.05, 4.69) is 20.5 Å². The highest BCUT2D eigenvalue weighted by molar-refractivity contribution is 5.90. The molecule has 3 rings (SSSR count). The highest BCUT2D eigenvalue weighted by Crippen LogP contribution is 2.16. The summed E-state index contributed by atoms with van der Waals surface area (Å²) in [5, 5.41) is 10.5. The van der Waals surface area contributed by atoms with E-state index in [0.29, 0.717) is 23.9 Å². The predicted molar refractivity (Wildman–Crippen MR) is 80.9 cm³/mol. The molecule has 23 heavy (non-hydrogen) atoms. The number of nitrogens with zero attached hydrogens (tertiary/aromatic N) is 3. The van der Waals surface area contributed by atoms with Gasteiger partial charge in [-0.2, -0.15) is 0 Å². The van der Waals surface area contributed by atoms with Crippen LogP contribution in [0.2, 0.25) is 0 Å². The second-order valence-electron chi connectivity index (χ2n) is 4.80. The molecule has 1 amide bonds. The lowest BCUT2D eigenvalue weighted by Gasteiger charge is -2.03. The van der Waals surface area contributed by atoms with Crippen molar-refractivity contribution in [1.29, 1.82) is 0 Å². The van der Waals surface area contributed by atoms with E-state index in [4.69, 9.17) is 4.42 Å². The number of hydrogen-bond acceptors (Lipinski definition) is 5. The molecule has 0 radical (unpaired) electrons. The topological polar surface area (TPSA) is 80.9 Å². The molecule has 1 N–H and O–H groups in total. The Morgan fingerprint density at radius 2 is 2.00 bits per heavy atom. The minimum atomic E-state index is -0.350. The van der Waals surface area contributed by atoms with Crippen LogP contribution in [0, 0.1) is 5.82 Å².